The highest BCUT2D eigenvalue weighted by Gasteiger charge is 2.25. The van der Waals surface area contributed by atoms with Crippen molar-refractivity contribution < 1.29 is 14.6 Å². The second kappa shape index (κ2) is 8.00. The van der Waals surface area contributed by atoms with Gasteiger partial charge in [-0.1, -0.05) is 18.2 Å². The number of aliphatic hydroxyl groups is 1. The Balaban J connectivity index is 2.69. The molecule has 0 saturated carbocycles. The van der Waals surface area contributed by atoms with Crippen molar-refractivity contribution in [2.45, 2.75) is 38.8 Å². The molecular formula is C16H26N2O3. The Hall–Kier alpha value is -1.59. The van der Waals surface area contributed by atoms with Gasteiger partial charge in [-0.05, 0) is 38.8 Å². The first kappa shape index (κ1) is 17.5. The van der Waals surface area contributed by atoms with Crippen molar-refractivity contribution in [3.8, 4) is 5.75 Å². The largest absolute Gasteiger partial charge is 0.496 e. The molecule has 118 valence electrons. The Morgan fingerprint density at radius 1 is 1.38 bits per heavy atom. The molecule has 1 amide bonds. The fraction of sp³-hybridized carbons (Fsp3) is 0.562. The fourth-order valence-electron chi connectivity index (χ4n) is 2.11. The molecule has 5 nitrogen and oxygen atoms in total. The molecule has 0 heterocycles. The molecule has 21 heavy (non-hydrogen) atoms. The highest BCUT2D eigenvalue weighted by molar-refractivity contribution is 5.78. The Bertz CT molecular complexity index is 463. The van der Waals surface area contributed by atoms with Crippen LogP contribution in [0, 0.1) is 0 Å². The first-order valence-corrected chi connectivity index (χ1v) is 7.17. The number of methoxy groups -OCH3 is 1. The summed E-state index contributed by atoms with van der Waals surface area (Å²) in [5.41, 5.74) is 0.413. The number of carbonyl (C=O) groups excluding carboxylic acids is 1. The third kappa shape index (κ3) is 5.73. The SMILES string of the molecule is COc1ccccc1C[C@@](C)(CO)NCC(=O)NC(C)C. The van der Waals surface area contributed by atoms with Gasteiger partial charge in [0.1, 0.15) is 5.75 Å². The normalized spacial score (nSPS) is 13.8. The van der Waals surface area contributed by atoms with Gasteiger partial charge >= 0.3 is 0 Å². The van der Waals surface area contributed by atoms with Crippen LogP contribution in [0.1, 0.15) is 26.3 Å². The summed E-state index contributed by atoms with van der Waals surface area (Å²) in [6, 6.07) is 7.79. The summed E-state index contributed by atoms with van der Waals surface area (Å²) in [5, 5.41) is 15.6. The van der Waals surface area contributed by atoms with E-state index in [0.717, 1.165) is 11.3 Å². The van der Waals surface area contributed by atoms with Gasteiger partial charge in [-0.15, -0.1) is 0 Å². The minimum Gasteiger partial charge on any atom is -0.496 e. The summed E-state index contributed by atoms with van der Waals surface area (Å²) in [6.07, 6.45) is 0.572. The number of nitrogens with one attached hydrogen (secondary N) is 2. The zero-order chi connectivity index (χ0) is 15.9. The van der Waals surface area contributed by atoms with Crippen LogP contribution in [0.25, 0.3) is 0 Å². The molecule has 0 aliphatic rings. The monoisotopic (exact) mass is 294 g/mol. The molecule has 0 aliphatic carbocycles. The lowest BCUT2D eigenvalue weighted by Crippen LogP contribution is -2.51. The molecule has 0 spiro atoms. The van der Waals surface area contributed by atoms with Crippen molar-refractivity contribution in [2.24, 2.45) is 0 Å². The van der Waals surface area contributed by atoms with Crippen LogP contribution in [-0.4, -0.2) is 42.9 Å². The lowest BCUT2D eigenvalue weighted by atomic mass is 9.93. The van der Waals surface area contributed by atoms with Crippen molar-refractivity contribution in [1.82, 2.24) is 10.6 Å². The summed E-state index contributed by atoms with van der Waals surface area (Å²) in [5.74, 6) is 0.704. The summed E-state index contributed by atoms with van der Waals surface area (Å²) in [7, 11) is 1.62. The van der Waals surface area contributed by atoms with E-state index in [1.54, 1.807) is 7.11 Å². The van der Waals surface area contributed by atoms with Crippen LogP contribution in [-0.2, 0) is 11.2 Å². The standard InChI is InChI=1S/C16H26N2O3/c1-12(2)18-15(20)10-17-16(3,11-19)9-13-7-5-6-8-14(13)21-4/h5-8,12,17,19H,9-11H2,1-4H3,(H,18,20)/t16-/m0/s1. The zero-order valence-electron chi connectivity index (χ0n) is 13.3. The van der Waals surface area contributed by atoms with Crippen LogP contribution >= 0.6 is 0 Å². The molecule has 0 aromatic heterocycles. The van der Waals surface area contributed by atoms with E-state index in [1.807, 2.05) is 45.0 Å². The van der Waals surface area contributed by atoms with Gasteiger partial charge in [-0.25, -0.2) is 0 Å². The maximum absolute atomic E-state index is 11.7. The average Bonchev–Trinajstić information content (AvgIpc) is 2.45. The number of rotatable bonds is 8. The summed E-state index contributed by atoms with van der Waals surface area (Å²) in [4.78, 5) is 11.7. The van der Waals surface area contributed by atoms with E-state index in [1.165, 1.54) is 0 Å². The van der Waals surface area contributed by atoms with Gasteiger partial charge in [0.25, 0.3) is 0 Å². The molecule has 0 saturated heterocycles. The number of hydrogen-bond acceptors (Lipinski definition) is 4. The third-order valence-electron chi connectivity index (χ3n) is 3.25. The van der Waals surface area contributed by atoms with Crippen LogP contribution in [0.3, 0.4) is 0 Å². The molecule has 0 bridgehead atoms. The molecule has 1 aromatic rings. The van der Waals surface area contributed by atoms with Crippen LogP contribution in [0.15, 0.2) is 24.3 Å². The Morgan fingerprint density at radius 3 is 2.62 bits per heavy atom. The molecule has 1 rings (SSSR count). The summed E-state index contributed by atoms with van der Waals surface area (Å²) >= 11 is 0. The van der Waals surface area contributed by atoms with Gasteiger partial charge in [0.15, 0.2) is 0 Å². The number of carbonyl (C=O) groups is 1. The first-order valence-electron chi connectivity index (χ1n) is 7.17. The van der Waals surface area contributed by atoms with Crippen molar-refractivity contribution in [3.63, 3.8) is 0 Å². The fourth-order valence-corrected chi connectivity index (χ4v) is 2.11. The second-order valence-corrected chi connectivity index (χ2v) is 5.78. The summed E-state index contributed by atoms with van der Waals surface area (Å²) in [6.45, 7) is 5.82. The van der Waals surface area contributed by atoms with Crippen LogP contribution < -0.4 is 15.4 Å². The predicted octanol–water partition coefficient (Wildman–Crippen LogP) is 1.10. The number of para-hydroxylation sites is 1. The van der Waals surface area contributed by atoms with E-state index in [9.17, 15) is 9.90 Å². The molecule has 1 atom stereocenters. The summed E-state index contributed by atoms with van der Waals surface area (Å²) < 4.78 is 5.33. The molecule has 3 N–H and O–H groups in total. The van der Waals surface area contributed by atoms with Gasteiger partial charge in [0.05, 0.1) is 20.3 Å². The van der Waals surface area contributed by atoms with E-state index in [2.05, 4.69) is 10.6 Å². The van der Waals surface area contributed by atoms with Crippen molar-refractivity contribution in [1.29, 1.82) is 0 Å². The average molecular weight is 294 g/mol. The second-order valence-electron chi connectivity index (χ2n) is 5.78. The van der Waals surface area contributed by atoms with Crippen molar-refractivity contribution >= 4 is 5.91 Å². The van der Waals surface area contributed by atoms with Gasteiger partial charge in [0.2, 0.25) is 5.91 Å². The van der Waals surface area contributed by atoms with Gasteiger partial charge < -0.3 is 20.5 Å². The van der Waals surface area contributed by atoms with Crippen LogP contribution in [0.2, 0.25) is 0 Å². The Morgan fingerprint density at radius 2 is 2.05 bits per heavy atom. The maximum atomic E-state index is 11.7. The van der Waals surface area contributed by atoms with E-state index < -0.39 is 5.54 Å². The maximum Gasteiger partial charge on any atom is 0.234 e. The van der Waals surface area contributed by atoms with Crippen LogP contribution in [0.4, 0.5) is 0 Å². The van der Waals surface area contributed by atoms with Gasteiger partial charge in [-0.2, -0.15) is 0 Å². The lowest BCUT2D eigenvalue weighted by molar-refractivity contribution is -0.121. The minimum absolute atomic E-state index is 0.0694. The van der Waals surface area contributed by atoms with Crippen LogP contribution in [0.5, 0.6) is 5.75 Å². The number of amides is 1. The van der Waals surface area contributed by atoms with E-state index in [0.29, 0.717) is 6.42 Å². The van der Waals surface area contributed by atoms with Gasteiger partial charge in [-0.3, -0.25) is 4.79 Å². The molecule has 0 aliphatic heterocycles. The third-order valence-corrected chi connectivity index (χ3v) is 3.25. The quantitative estimate of drug-likeness (QED) is 0.671. The smallest absolute Gasteiger partial charge is 0.234 e. The van der Waals surface area contributed by atoms with Crippen molar-refractivity contribution in [3.05, 3.63) is 29.8 Å². The Labute approximate surface area is 126 Å². The highest BCUT2D eigenvalue weighted by atomic mass is 16.5. The lowest BCUT2D eigenvalue weighted by Gasteiger charge is -2.29. The number of ether oxygens (including phenoxy) is 1. The van der Waals surface area contributed by atoms with E-state index in [-0.39, 0.29) is 25.1 Å². The first-order chi connectivity index (χ1) is 9.90. The molecular weight excluding hydrogens is 268 g/mol. The van der Waals surface area contributed by atoms with Gasteiger partial charge in [0, 0.05) is 11.6 Å². The molecule has 0 radical (unpaired) electrons. The molecule has 0 fully saturated rings. The molecule has 1 aromatic carbocycles. The van der Waals surface area contributed by atoms with Crippen molar-refractivity contribution in [2.75, 3.05) is 20.3 Å². The zero-order valence-corrected chi connectivity index (χ0v) is 13.3. The molecule has 0 unspecified atom stereocenters. The predicted molar refractivity (Wildman–Crippen MR) is 83.5 cm³/mol. The number of benzene rings is 1. The molecule has 5 heteroatoms. The highest BCUT2D eigenvalue weighted by Crippen LogP contribution is 2.22. The minimum atomic E-state index is -0.580. The number of hydrogen-bond donors (Lipinski definition) is 3. The topological polar surface area (TPSA) is 70.6 Å². The van der Waals surface area contributed by atoms with E-state index in [4.69, 9.17) is 4.74 Å². The number of aliphatic hydroxyl groups excluding tert-OH is 1. The van der Waals surface area contributed by atoms with E-state index >= 15 is 0 Å². The Kier molecular flexibility index (Phi) is 6.65.